The maximum absolute atomic E-state index is 15.1. The summed E-state index contributed by atoms with van der Waals surface area (Å²) in [6.45, 7) is 7.22. The number of ether oxygens (including phenoxy) is 2. The van der Waals surface area contributed by atoms with Crippen molar-refractivity contribution in [2.45, 2.75) is 40.0 Å². The Labute approximate surface area is 387 Å². The van der Waals surface area contributed by atoms with Gasteiger partial charge in [-0.15, -0.1) is 0 Å². The second-order valence-electron chi connectivity index (χ2n) is 19.0. The van der Waals surface area contributed by atoms with Gasteiger partial charge in [-0.1, -0.05) is 95.9 Å². The quantitative estimate of drug-likeness (QED) is 0.0978. The van der Waals surface area contributed by atoms with Gasteiger partial charge in [0.15, 0.2) is 0 Å². The van der Waals surface area contributed by atoms with Gasteiger partial charge in [0.05, 0.1) is 11.1 Å². The van der Waals surface area contributed by atoms with Crippen molar-refractivity contribution in [1.82, 2.24) is 0 Å². The summed E-state index contributed by atoms with van der Waals surface area (Å²) in [6, 6.07) is 40.9. The molecule has 2 nitrogen and oxygen atoms in total. The largest absolute Gasteiger partial charge is 0.458 e. The van der Waals surface area contributed by atoms with Crippen molar-refractivity contribution >= 4 is 78.5 Å². The minimum atomic E-state index is -4.68. The molecule has 0 spiro atoms. The van der Waals surface area contributed by atoms with Crippen LogP contribution in [0, 0.1) is 27.7 Å². The monoisotopic (exact) mass is 898 g/mol. The van der Waals surface area contributed by atoms with Crippen molar-refractivity contribution in [2.24, 2.45) is 0 Å². The van der Waals surface area contributed by atoms with Crippen LogP contribution in [0.3, 0.4) is 0 Å². The molecule has 0 saturated heterocycles. The molecule has 0 aromatic heterocycles. The van der Waals surface area contributed by atoms with Crippen molar-refractivity contribution in [3.05, 3.63) is 167 Å². The van der Waals surface area contributed by atoms with E-state index in [4.69, 9.17) is 9.47 Å². The van der Waals surface area contributed by atoms with Gasteiger partial charge in [-0.05, 0) is 197 Å². The second-order valence-corrected chi connectivity index (χ2v) is 19.0. The smallest absolute Gasteiger partial charge is 0.416 e. The van der Waals surface area contributed by atoms with E-state index in [1.807, 2.05) is 60.7 Å². The van der Waals surface area contributed by atoms with Crippen LogP contribution in [0.25, 0.3) is 76.8 Å². The third kappa shape index (κ3) is 5.12. The van der Waals surface area contributed by atoms with Gasteiger partial charge in [0.2, 0.25) is 0 Å². The van der Waals surface area contributed by atoms with E-state index in [-0.39, 0.29) is 11.5 Å². The van der Waals surface area contributed by atoms with E-state index in [1.54, 1.807) is 0 Å². The number of hydrogen-bond donors (Lipinski definition) is 0. The number of halogens is 6. The number of benzene rings is 10. The Morgan fingerprint density at radius 1 is 0.353 bits per heavy atom. The third-order valence-corrected chi connectivity index (χ3v) is 15.3. The fourth-order valence-electron chi connectivity index (χ4n) is 12.7. The van der Waals surface area contributed by atoms with E-state index in [0.29, 0.717) is 44.7 Å². The molecule has 0 fully saturated rings. The van der Waals surface area contributed by atoms with Crippen LogP contribution in [0.4, 0.5) is 26.3 Å². The highest BCUT2D eigenvalue weighted by Crippen LogP contribution is 2.53. The first-order valence-corrected chi connectivity index (χ1v) is 22.7. The Kier molecular flexibility index (Phi) is 7.68. The van der Waals surface area contributed by atoms with Crippen LogP contribution in [0.5, 0.6) is 23.0 Å². The summed E-state index contributed by atoms with van der Waals surface area (Å²) in [6.07, 6.45) is -9.35. The minimum Gasteiger partial charge on any atom is -0.458 e. The number of rotatable bonds is 2. The zero-order valence-electron chi connectivity index (χ0n) is 36.9. The van der Waals surface area contributed by atoms with Gasteiger partial charge in [-0.25, -0.2) is 0 Å². The van der Waals surface area contributed by atoms with Crippen LogP contribution in [0.1, 0.15) is 33.4 Å². The molecule has 68 heavy (non-hydrogen) atoms. The Morgan fingerprint density at radius 3 is 1.12 bits per heavy atom. The van der Waals surface area contributed by atoms with Crippen molar-refractivity contribution in [3.8, 4) is 67.5 Å². The van der Waals surface area contributed by atoms with E-state index in [2.05, 4.69) is 76.2 Å². The van der Waals surface area contributed by atoms with Gasteiger partial charge >= 0.3 is 12.4 Å². The number of hydrogen-bond acceptors (Lipinski definition) is 2. The van der Waals surface area contributed by atoms with Gasteiger partial charge in [0.1, 0.15) is 23.0 Å². The first-order valence-electron chi connectivity index (χ1n) is 22.7. The molecule has 4 aliphatic rings. The van der Waals surface area contributed by atoms with E-state index in [1.165, 1.54) is 12.1 Å². The van der Waals surface area contributed by atoms with Gasteiger partial charge in [0, 0.05) is 0 Å². The lowest BCUT2D eigenvalue weighted by Crippen LogP contribution is -2.58. The highest BCUT2D eigenvalue weighted by atomic mass is 19.4. The van der Waals surface area contributed by atoms with Crippen LogP contribution < -0.4 is 42.3 Å². The number of alkyl halides is 6. The summed E-state index contributed by atoms with van der Waals surface area (Å²) in [5, 5.41) is 5.20. The SMILES string of the molecule is Cc1cccc(C)c1-c1cc2c3c(cc4c(-c5c(C)cccc5C)cc5c6c(cc1c3c46)B1c3ccccc3Oc3cc(C(F)(F)F)cc-5c31)B1c3ccccc3Oc3cc(C(F)(F)F)cc-2c31. The Hall–Kier alpha value is -7.45. The van der Waals surface area contributed by atoms with Crippen LogP contribution in [-0.4, -0.2) is 13.4 Å². The Balaban J connectivity index is 1.27. The van der Waals surface area contributed by atoms with Gasteiger partial charge < -0.3 is 9.47 Å². The molecular weight excluding hydrogens is 864 g/mol. The molecule has 4 heterocycles. The van der Waals surface area contributed by atoms with E-state index in [9.17, 15) is 0 Å². The highest BCUT2D eigenvalue weighted by molar-refractivity contribution is 7.01. The fourth-order valence-corrected chi connectivity index (χ4v) is 12.7. The Bertz CT molecular complexity index is 3670. The molecule has 10 aromatic rings. The predicted molar refractivity (Wildman–Crippen MR) is 263 cm³/mol. The summed E-state index contributed by atoms with van der Waals surface area (Å²) in [4.78, 5) is 0. The predicted octanol–water partition coefficient (Wildman–Crippen LogP) is 12.4. The van der Waals surface area contributed by atoms with Crippen molar-refractivity contribution in [3.63, 3.8) is 0 Å². The number of para-hydroxylation sites is 2. The molecule has 14 rings (SSSR count). The number of fused-ring (bicyclic) bond motifs is 8. The lowest BCUT2D eigenvalue weighted by Gasteiger charge is -2.38. The van der Waals surface area contributed by atoms with Gasteiger partial charge in [0.25, 0.3) is 13.4 Å². The van der Waals surface area contributed by atoms with Gasteiger partial charge in [-0.3, -0.25) is 0 Å². The standard InChI is InChI=1S/C58H34B2F6O2/c1-27-11-9-12-28(2)49(27)33-23-35-39-19-31(57(61,62)63)21-47-55(39)60(42-16-6-8-18-46(42)67-47)44-26-38-34(50-29(3)13-10-14-30(50)4)24-36-40-20-32(58(64,65)66)22-48-56(40)59(41-15-5-7-17-45(41)68-48)43-25-37(33)53(51(35)44)54(38)52(36)43/h5-26H,1-4H3. The molecule has 326 valence electrons. The summed E-state index contributed by atoms with van der Waals surface area (Å²) in [7, 11) is 0. The van der Waals surface area contributed by atoms with Crippen LogP contribution >= 0.6 is 0 Å². The van der Waals surface area contributed by atoms with Crippen molar-refractivity contribution in [1.29, 1.82) is 0 Å². The molecule has 0 bridgehead atoms. The third-order valence-electron chi connectivity index (χ3n) is 15.3. The minimum absolute atomic E-state index is 0.163. The molecule has 10 heteroatoms. The zero-order valence-corrected chi connectivity index (χ0v) is 36.9. The van der Waals surface area contributed by atoms with Crippen LogP contribution in [0.2, 0.25) is 0 Å². The van der Waals surface area contributed by atoms with E-state index < -0.39 is 36.9 Å². The molecular formula is C58H34B2F6O2. The maximum Gasteiger partial charge on any atom is 0.416 e. The molecule has 0 saturated carbocycles. The van der Waals surface area contributed by atoms with E-state index in [0.717, 1.165) is 111 Å². The zero-order chi connectivity index (χ0) is 46.4. The van der Waals surface area contributed by atoms with Crippen LogP contribution in [0.15, 0.2) is 133 Å². The topological polar surface area (TPSA) is 18.5 Å². The molecule has 0 aliphatic carbocycles. The van der Waals surface area contributed by atoms with Crippen molar-refractivity contribution in [2.75, 3.05) is 0 Å². The molecule has 0 atom stereocenters. The normalized spacial score (nSPS) is 13.9. The Morgan fingerprint density at radius 2 is 0.735 bits per heavy atom. The van der Waals surface area contributed by atoms with Crippen LogP contribution in [-0.2, 0) is 12.4 Å². The molecule has 0 amide bonds. The lowest BCUT2D eigenvalue weighted by atomic mass is 9.31. The average molecular weight is 899 g/mol. The average Bonchev–Trinajstić information content (AvgIpc) is 3.30. The summed E-state index contributed by atoms with van der Waals surface area (Å²) in [5.41, 5.74) is 13.1. The summed E-state index contributed by atoms with van der Waals surface area (Å²) < 4.78 is 104. The van der Waals surface area contributed by atoms with Crippen molar-refractivity contribution < 1.29 is 35.8 Å². The number of aryl methyl sites for hydroxylation is 4. The fraction of sp³-hybridized carbons (Fsp3) is 0.103. The second kappa shape index (κ2) is 13.2. The first-order chi connectivity index (χ1) is 32.7. The first kappa shape index (κ1) is 39.7. The molecule has 0 unspecified atom stereocenters. The molecule has 4 aliphatic heterocycles. The molecule has 0 N–H and O–H groups in total. The van der Waals surface area contributed by atoms with E-state index >= 15 is 26.3 Å². The molecule has 10 aromatic carbocycles. The van der Waals surface area contributed by atoms with Gasteiger partial charge in [-0.2, -0.15) is 26.3 Å². The highest BCUT2D eigenvalue weighted by Gasteiger charge is 2.46. The maximum atomic E-state index is 15.1. The summed E-state index contributed by atoms with van der Waals surface area (Å²) in [5.74, 6) is 1.30. The summed E-state index contributed by atoms with van der Waals surface area (Å²) >= 11 is 0. The molecule has 0 radical (unpaired) electrons. The lowest BCUT2D eigenvalue weighted by molar-refractivity contribution is -0.138.